The van der Waals surface area contributed by atoms with Crippen LogP contribution in [0.25, 0.3) is 0 Å². The van der Waals surface area contributed by atoms with Crippen LogP contribution in [0, 0.1) is 6.92 Å². The molecule has 2 rings (SSSR count). The number of Topliss-reactive ketones (excluding diaryl/α,β-unsaturated/α-hetero) is 1. The monoisotopic (exact) mass is 237 g/mol. The van der Waals surface area contributed by atoms with E-state index in [4.69, 9.17) is 4.52 Å². The smallest absolute Gasteiger partial charge is 0.240 e. The summed E-state index contributed by atoms with van der Waals surface area (Å²) in [5.74, 6) is 1.57. The molecule has 1 aliphatic rings. The van der Waals surface area contributed by atoms with Gasteiger partial charge in [0.15, 0.2) is 5.82 Å². The lowest BCUT2D eigenvalue weighted by Crippen LogP contribution is -2.40. The van der Waals surface area contributed by atoms with Crippen molar-refractivity contribution in [3.05, 3.63) is 11.7 Å². The molecule has 1 atom stereocenters. The fourth-order valence-electron chi connectivity index (χ4n) is 2.41. The van der Waals surface area contributed by atoms with Crippen molar-refractivity contribution in [2.45, 2.75) is 52.1 Å². The molecule has 17 heavy (non-hydrogen) atoms. The van der Waals surface area contributed by atoms with Crippen LogP contribution in [0.4, 0.5) is 0 Å². The molecule has 1 fully saturated rings. The highest BCUT2D eigenvalue weighted by molar-refractivity contribution is 5.76. The van der Waals surface area contributed by atoms with Crippen LogP contribution < -0.4 is 0 Å². The van der Waals surface area contributed by atoms with Crippen molar-refractivity contribution in [3.8, 4) is 0 Å². The molecule has 0 N–H and O–H groups in total. The number of likely N-dealkylation sites (tertiary alicyclic amines) is 1. The molecule has 1 aromatic rings. The van der Waals surface area contributed by atoms with Gasteiger partial charge in [0.05, 0.1) is 6.54 Å². The number of nitrogens with zero attached hydrogens (tertiary/aromatic N) is 3. The van der Waals surface area contributed by atoms with Gasteiger partial charge in [-0.15, -0.1) is 0 Å². The standard InChI is InChI=1S/C12H19N3O2/c1-9(16)7-11-5-3-4-6-15(11)8-12-13-10(2)14-17-12/h11H,3-8H2,1-2H3. The summed E-state index contributed by atoms with van der Waals surface area (Å²) in [5.41, 5.74) is 0. The van der Waals surface area contributed by atoms with Gasteiger partial charge in [0.2, 0.25) is 5.89 Å². The molecule has 5 nitrogen and oxygen atoms in total. The Morgan fingerprint density at radius 1 is 1.53 bits per heavy atom. The molecule has 0 spiro atoms. The maximum absolute atomic E-state index is 11.2. The van der Waals surface area contributed by atoms with Crippen molar-refractivity contribution >= 4 is 5.78 Å². The van der Waals surface area contributed by atoms with E-state index in [0.717, 1.165) is 13.0 Å². The first-order valence-electron chi connectivity index (χ1n) is 6.18. The molecule has 0 amide bonds. The third kappa shape index (κ3) is 3.36. The third-order valence-corrected chi connectivity index (χ3v) is 3.18. The average molecular weight is 237 g/mol. The summed E-state index contributed by atoms with van der Waals surface area (Å²) < 4.78 is 5.13. The lowest BCUT2D eigenvalue weighted by molar-refractivity contribution is -0.118. The van der Waals surface area contributed by atoms with Gasteiger partial charge in [0.1, 0.15) is 5.78 Å². The van der Waals surface area contributed by atoms with Crippen molar-refractivity contribution in [1.29, 1.82) is 0 Å². The highest BCUT2D eigenvalue weighted by Gasteiger charge is 2.25. The normalized spacial score (nSPS) is 21.6. The molecule has 1 unspecified atom stereocenters. The number of hydrogen-bond acceptors (Lipinski definition) is 5. The van der Waals surface area contributed by atoms with Gasteiger partial charge in [-0.05, 0) is 33.2 Å². The van der Waals surface area contributed by atoms with E-state index in [1.807, 2.05) is 6.92 Å². The first-order valence-corrected chi connectivity index (χ1v) is 6.18. The van der Waals surface area contributed by atoms with Gasteiger partial charge in [-0.2, -0.15) is 4.98 Å². The fourth-order valence-corrected chi connectivity index (χ4v) is 2.41. The number of rotatable bonds is 4. The number of aryl methyl sites for hydroxylation is 1. The van der Waals surface area contributed by atoms with Crippen LogP contribution in [0.1, 0.15) is 44.3 Å². The summed E-state index contributed by atoms with van der Waals surface area (Å²) in [6.45, 7) is 5.15. The second-order valence-corrected chi connectivity index (χ2v) is 4.76. The zero-order valence-electron chi connectivity index (χ0n) is 10.5. The number of carbonyl (C=O) groups excluding carboxylic acids is 1. The second-order valence-electron chi connectivity index (χ2n) is 4.76. The highest BCUT2D eigenvalue weighted by Crippen LogP contribution is 2.21. The largest absolute Gasteiger partial charge is 0.338 e. The molecular formula is C12H19N3O2. The number of piperidine rings is 1. The molecular weight excluding hydrogens is 218 g/mol. The molecule has 1 aromatic heterocycles. The zero-order chi connectivity index (χ0) is 12.3. The molecule has 1 saturated heterocycles. The van der Waals surface area contributed by atoms with Crippen LogP contribution >= 0.6 is 0 Å². The molecule has 0 aromatic carbocycles. The topological polar surface area (TPSA) is 59.2 Å². The van der Waals surface area contributed by atoms with Crippen LogP contribution in [-0.2, 0) is 11.3 Å². The first-order chi connectivity index (χ1) is 8.15. The number of ketones is 1. The van der Waals surface area contributed by atoms with Gasteiger partial charge >= 0.3 is 0 Å². The summed E-state index contributed by atoms with van der Waals surface area (Å²) in [4.78, 5) is 17.7. The van der Waals surface area contributed by atoms with Gasteiger partial charge < -0.3 is 4.52 Å². The predicted octanol–water partition coefficient (Wildman–Crippen LogP) is 1.71. The Balaban J connectivity index is 1.98. The van der Waals surface area contributed by atoms with Crippen molar-refractivity contribution in [2.75, 3.05) is 6.54 Å². The van der Waals surface area contributed by atoms with Crippen LogP contribution in [0.2, 0.25) is 0 Å². The molecule has 94 valence electrons. The van der Waals surface area contributed by atoms with Gasteiger partial charge in [0, 0.05) is 12.5 Å². The van der Waals surface area contributed by atoms with Gasteiger partial charge in [-0.3, -0.25) is 9.69 Å². The molecule has 0 radical (unpaired) electrons. The minimum absolute atomic E-state index is 0.253. The lowest BCUT2D eigenvalue weighted by Gasteiger charge is -2.34. The Labute approximate surface area is 101 Å². The van der Waals surface area contributed by atoms with E-state index in [-0.39, 0.29) is 5.78 Å². The van der Waals surface area contributed by atoms with Gasteiger partial charge in [0.25, 0.3) is 0 Å². The molecule has 5 heteroatoms. The summed E-state index contributed by atoms with van der Waals surface area (Å²) in [5, 5.41) is 3.79. The Bertz CT molecular complexity index is 389. The predicted molar refractivity (Wildman–Crippen MR) is 62.4 cm³/mol. The van der Waals surface area contributed by atoms with E-state index in [1.165, 1.54) is 12.8 Å². The Morgan fingerprint density at radius 3 is 3.00 bits per heavy atom. The Morgan fingerprint density at radius 2 is 2.35 bits per heavy atom. The quantitative estimate of drug-likeness (QED) is 0.797. The maximum Gasteiger partial charge on any atom is 0.240 e. The highest BCUT2D eigenvalue weighted by atomic mass is 16.5. The number of carbonyl (C=O) groups is 1. The average Bonchev–Trinajstić information content (AvgIpc) is 2.66. The minimum atomic E-state index is 0.253. The Hall–Kier alpha value is -1.23. The van der Waals surface area contributed by atoms with Crippen LogP contribution in [0.15, 0.2) is 4.52 Å². The van der Waals surface area contributed by atoms with Gasteiger partial charge in [-0.25, -0.2) is 0 Å². The van der Waals surface area contributed by atoms with Crippen molar-refractivity contribution in [2.24, 2.45) is 0 Å². The first kappa shape index (κ1) is 12.2. The summed E-state index contributed by atoms with van der Waals surface area (Å²) in [7, 11) is 0. The van der Waals surface area contributed by atoms with E-state index < -0.39 is 0 Å². The molecule has 0 bridgehead atoms. The van der Waals surface area contributed by atoms with Crippen molar-refractivity contribution in [3.63, 3.8) is 0 Å². The lowest BCUT2D eigenvalue weighted by atomic mass is 9.98. The summed E-state index contributed by atoms with van der Waals surface area (Å²) in [6, 6.07) is 0.341. The molecule has 2 heterocycles. The Kier molecular flexibility index (Phi) is 3.89. The van der Waals surface area contributed by atoms with E-state index in [9.17, 15) is 4.79 Å². The van der Waals surface area contributed by atoms with Crippen molar-refractivity contribution in [1.82, 2.24) is 15.0 Å². The second kappa shape index (κ2) is 5.40. The zero-order valence-corrected chi connectivity index (χ0v) is 10.5. The van der Waals surface area contributed by atoms with E-state index in [1.54, 1.807) is 6.92 Å². The van der Waals surface area contributed by atoms with Crippen LogP contribution in [-0.4, -0.2) is 33.4 Å². The summed E-state index contributed by atoms with van der Waals surface area (Å²) in [6.07, 6.45) is 4.11. The van der Waals surface area contributed by atoms with Crippen LogP contribution in [0.3, 0.4) is 0 Å². The summed E-state index contributed by atoms with van der Waals surface area (Å²) >= 11 is 0. The van der Waals surface area contributed by atoms with E-state index in [2.05, 4.69) is 15.0 Å². The van der Waals surface area contributed by atoms with Crippen molar-refractivity contribution < 1.29 is 9.32 Å². The number of hydrogen-bond donors (Lipinski definition) is 0. The van der Waals surface area contributed by atoms with E-state index >= 15 is 0 Å². The third-order valence-electron chi connectivity index (χ3n) is 3.18. The molecule has 1 aliphatic heterocycles. The number of aromatic nitrogens is 2. The van der Waals surface area contributed by atoms with Gasteiger partial charge in [-0.1, -0.05) is 11.6 Å². The molecule has 0 aliphatic carbocycles. The maximum atomic E-state index is 11.2. The fraction of sp³-hybridized carbons (Fsp3) is 0.750. The minimum Gasteiger partial charge on any atom is -0.338 e. The van der Waals surface area contributed by atoms with Crippen LogP contribution in [0.5, 0.6) is 0 Å². The SMILES string of the molecule is CC(=O)CC1CCCCN1Cc1nc(C)no1. The van der Waals surface area contributed by atoms with E-state index in [0.29, 0.717) is 30.7 Å². The molecule has 0 saturated carbocycles.